The van der Waals surface area contributed by atoms with E-state index in [0.29, 0.717) is 19.0 Å². The molecule has 2 atom stereocenters. The molecule has 1 unspecified atom stereocenters. The van der Waals surface area contributed by atoms with E-state index in [0.717, 1.165) is 25.1 Å². The second kappa shape index (κ2) is 6.07. The van der Waals surface area contributed by atoms with Crippen molar-refractivity contribution in [2.24, 2.45) is 5.92 Å². The normalized spacial score (nSPS) is 23.4. The molecule has 1 aromatic rings. The first-order valence-corrected chi connectivity index (χ1v) is 8.53. The summed E-state index contributed by atoms with van der Waals surface area (Å²) in [6.07, 6.45) is 4.96. The fourth-order valence-corrected chi connectivity index (χ4v) is 3.42. The number of furan rings is 1. The molecule has 19 heavy (non-hydrogen) atoms. The van der Waals surface area contributed by atoms with Crippen LogP contribution in [-0.4, -0.2) is 38.6 Å². The van der Waals surface area contributed by atoms with Crippen molar-refractivity contribution < 1.29 is 12.8 Å². The highest BCUT2D eigenvalue weighted by Crippen LogP contribution is 2.19. The molecule has 0 bridgehead atoms. The molecule has 0 amide bonds. The van der Waals surface area contributed by atoms with E-state index < -0.39 is 10.0 Å². The van der Waals surface area contributed by atoms with E-state index >= 15 is 0 Å². The average molecular weight is 286 g/mol. The fraction of sp³-hybridized carbons (Fsp3) is 0.692. The van der Waals surface area contributed by atoms with Crippen molar-refractivity contribution in [1.82, 2.24) is 9.62 Å². The number of sulfonamides is 1. The monoisotopic (exact) mass is 286 g/mol. The van der Waals surface area contributed by atoms with Crippen LogP contribution in [0.3, 0.4) is 0 Å². The van der Waals surface area contributed by atoms with Gasteiger partial charge in [0.2, 0.25) is 10.0 Å². The molecule has 1 aliphatic heterocycles. The quantitative estimate of drug-likeness (QED) is 0.893. The lowest BCUT2D eigenvalue weighted by atomic mass is 9.99. The van der Waals surface area contributed by atoms with Crippen molar-refractivity contribution in [1.29, 1.82) is 0 Å². The Kier molecular flexibility index (Phi) is 4.65. The van der Waals surface area contributed by atoms with Crippen molar-refractivity contribution in [3.8, 4) is 0 Å². The van der Waals surface area contributed by atoms with Crippen LogP contribution >= 0.6 is 0 Å². The van der Waals surface area contributed by atoms with Gasteiger partial charge in [-0.05, 0) is 44.4 Å². The minimum absolute atomic E-state index is 0.156. The predicted octanol–water partition coefficient (Wildman–Crippen LogP) is 1.60. The first-order valence-electron chi connectivity index (χ1n) is 6.68. The number of nitrogens with one attached hydrogen (secondary N) is 1. The number of rotatable bonds is 5. The summed E-state index contributed by atoms with van der Waals surface area (Å²) in [6, 6.07) is 3.98. The van der Waals surface area contributed by atoms with Crippen LogP contribution in [-0.2, 0) is 10.0 Å². The van der Waals surface area contributed by atoms with Crippen LogP contribution in [0.25, 0.3) is 0 Å². The molecule has 1 aromatic heterocycles. The zero-order chi connectivity index (χ0) is 13.9. The molecular weight excluding hydrogens is 264 g/mol. The molecule has 0 saturated carbocycles. The van der Waals surface area contributed by atoms with Gasteiger partial charge in [0.05, 0.1) is 18.6 Å². The number of nitrogens with zero attached hydrogens (tertiary/aromatic N) is 1. The molecule has 2 heterocycles. The zero-order valence-electron chi connectivity index (χ0n) is 11.5. The summed E-state index contributed by atoms with van der Waals surface area (Å²) < 4.78 is 30.0. The minimum Gasteiger partial charge on any atom is -0.468 e. The van der Waals surface area contributed by atoms with Gasteiger partial charge in [-0.15, -0.1) is 0 Å². The van der Waals surface area contributed by atoms with Gasteiger partial charge in [0.1, 0.15) is 5.76 Å². The maximum atomic E-state index is 11.5. The van der Waals surface area contributed by atoms with Crippen LogP contribution in [0.15, 0.2) is 22.8 Å². The lowest BCUT2D eigenvalue weighted by Crippen LogP contribution is -2.42. The number of piperidine rings is 1. The van der Waals surface area contributed by atoms with Crippen molar-refractivity contribution >= 4 is 10.0 Å². The van der Waals surface area contributed by atoms with Crippen molar-refractivity contribution in [2.45, 2.75) is 25.8 Å². The third-order valence-corrected chi connectivity index (χ3v) is 4.90. The molecule has 6 heteroatoms. The Balaban J connectivity index is 1.83. The maximum absolute atomic E-state index is 11.5. The van der Waals surface area contributed by atoms with E-state index in [1.807, 2.05) is 12.1 Å². The summed E-state index contributed by atoms with van der Waals surface area (Å²) in [6.45, 7) is 4.14. The van der Waals surface area contributed by atoms with Gasteiger partial charge in [0.25, 0.3) is 0 Å². The van der Waals surface area contributed by atoms with Crippen LogP contribution < -0.4 is 5.32 Å². The summed E-state index contributed by atoms with van der Waals surface area (Å²) >= 11 is 0. The fourth-order valence-electron chi connectivity index (χ4n) is 2.48. The highest BCUT2D eigenvalue weighted by atomic mass is 32.2. The van der Waals surface area contributed by atoms with E-state index in [2.05, 4.69) is 12.2 Å². The minimum atomic E-state index is -3.05. The molecule has 1 fully saturated rings. The van der Waals surface area contributed by atoms with Gasteiger partial charge in [-0.2, -0.15) is 0 Å². The van der Waals surface area contributed by atoms with Gasteiger partial charge in [-0.25, -0.2) is 12.7 Å². The summed E-state index contributed by atoms with van der Waals surface area (Å²) in [5.41, 5.74) is 0. The third kappa shape index (κ3) is 4.06. The lowest BCUT2D eigenvalue weighted by Gasteiger charge is -2.31. The van der Waals surface area contributed by atoms with E-state index in [-0.39, 0.29) is 6.04 Å². The van der Waals surface area contributed by atoms with Crippen molar-refractivity contribution in [3.63, 3.8) is 0 Å². The van der Waals surface area contributed by atoms with Gasteiger partial charge >= 0.3 is 0 Å². The van der Waals surface area contributed by atoms with Gasteiger partial charge in [0.15, 0.2) is 0 Å². The van der Waals surface area contributed by atoms with Crippen LogP contribution in [0.2, 0.25) is 0 Å². The summed E-state index contributed by atoms with van der Waals surface area (Å²) in [5.74, 6) is 1.29. The highest BCUT2D eigenvalue weighted by molar-refractivity contribution is 7.88. The first-order chi connectivity index (χ1) is 8.97. The molecule has 0 spiro atoms. The van der Waals surface area contributed by atoms with Gasteiger partial charge < -0.3 is 9.73 Å². The third-order valence-electron chi connectivity index (χ3n) is 3.63. The Hall–Kier alpha value is -0.850. The van der Waals surface area contributed by atoms with E-state index in [4.69, 9.17) is 4.42 Å². The largest absolute Gasteiger partial charge is 0.468 e. The van der Waals surface area contributed by atoms with E-state index in [9.17, 15) is 8.42 Å². The summed E-state index contributed by atoms with van der Waals surface area (Å²) in [5, 5.41) is 3.41. The highest BCUT2D eigenvalue weighted by Gasteiger charge is 2.26. The number of hydrogen-bond donors (Lipinski definition) is 1. The molecule has 0 aromatic carbocycles. The van der Waals surface area contributed by atoms with Crippen LogP contribution in [0.5, 0.6) is 0 Å². The summed E-state index contributed by atoms with van der Waals surface area (Å²) in [7, 11) is -3.05. The second-order valence-electron chi connectivity index (χ2n) is 5.27. The molecule has 5 nitrogen and oxygen atoms in total. The Bertz CT molecular complexity index is 484. The standard InChI is InChI=1S/C13H22N2O3S/c1-11(13-6-4-8-18-13)14-9-12-5-3-7-15(10-12)19(2,16)17/h4,6,8,11-12,14H,3,5,7,9-10H2,1-2H3/t11-,12?/m1/s1. The molecule has 0 aliphatic carbocycles. The van der Waals surface area contributed by atoms with E-state index in [1.54, 1.807) is 10.6 Å². The van der Waals surface area contributed by atoms with Gasteiger partial charge in [-0.1, -0.05) is 0 Å². The topological polar surface area (TPSA) is 62.6 Å². The first kappa shape index (κ1) is 14.6. The van der Waals surface area contributed by atoms with Crippen LogP contribution in [0.1, 0.15) is 31.6 Å². The predicted molar refractivity (Wildman–Crippen MR) is 74.3 cm³/mol. The second-order valence-corrected chi connectivity index (χ2v) is 7.26. The van der Waals surface area contributed by atoms with Crippen molar-refractivity contribution in [3.05, 3.63) is 24.2 Å². The molecular formula is C13H22N2O3S. The smallest absolute Gasteiger partial charge is 0.211 e. The average Bonchev–Trinajstić information content (AvgIpc) is 2.89. The lowest BCUT2D eigenvalue weighted by molar-refractivity contribution is 0.253. The molecule has 2 rings (SSSR count). The zero-order valence-corrected chi connectivity index (χ0v) is 12.3. The summed E-state index contributed by atoms with van der Waals surface area (Å²) in [4.78, 5) is 0. The van der Waals surface area contributed by atoms with Crippen LogP contribution in [0, 0.1) is 5.92 Å². The Morgan fingerprint density at radius 2 is 2.37 bits per heavy atom. The Morgan fingerprint density at radius 3 is 3.00 bits per heavy atom. The molecule has 108 valence electrons. The van der Waals surface area contributed by atoms with E-state index in [1.165, 1.54) is 6.26 Å². The molecule has 1 N–H and O–H groups in total. The molecule has 0 radical (unpaired) electrons. The Labute approximate surface area is 115 Å². The molecule has 1 aliphatic rings. The maximum Gasteiger partial charge on any atom is 0.211 e. The van der Waals surface area contributed by atoms with Crippen LogP contribution in [0.4, 0.5) is 0 Å². The SMILES string of the molecule is C[C@@H](NCC1CCCN(S(C)(=O)=O)C1)c1ccco1. The Morgan fingerprint density at radius 1 is 1.58 bits per heavy atom. The molecule has 1 saturated heterocycles. The van der Waals surface area contributed by atoms with Crippen molar-refractivity contribution in [2.75, 3.05) is 25.9 Å². The van der Waals surface area contributed by atoms with Gasteiger partial charge in [-0.3, -0.25) is 0 Å². The number of hydrogen-bond acceptors (Lipinski definition) is 4. The van der Waals surface area contributed by atoms with Gasteiger partial charge in [0, 0.05) is 13.1 Å².